The number of rotatable bonds is 4. The fourth-order valence-electron chi connectivity index (χ4n) is 2.63. The van der Waals surface area contributed by atoms with Gasteiger partial charge in [-0.15, -0.1) is 0 Å². The van der Waals surface area contributed by atoms with Crippen molar-refractivity contribution in [3.8, 4) is 0 Å². The lowest BCUT2D eigenvalue weighted by Gasteiger charge is -2.46. The molecule has 1 saturated carbocycles. The first kappa shape index (κ1) is 14.2. The Morgan fingerprint density at radius 1 is 1.47 bits per heavy atom. The van der Waals surface area contributed by atoms with Gasteiger partial charge in [-0.25, -0.2) is 8.42 Å². The quantitative estimate of drug-likeness (QED) is 0.732. The van der Waals surface area contributed by atoms with E-state index in [4.69, 9.17) is 0 Å². The number of alkyl halides is 1. The average molecular weight is 342 g/mol. The summed E-state index contributed by atoms with van der Waals surface area (Å²) in [4.78, 5) is 2.20. The van der Waals surface area contributed by atoms with Gasteiger partial charge in [0.2, 0.25) is 0 Å². The predicted octanol–water partition coefficient (Wildman–Crippen LogP) is 1.97. The number of hydrogen-bond acceptors (Lipinski definition) is 4. The largest absolute Gasteiger partial charge is 0.285 e. The van der Waals surface area contributed by atoms with Gasteiger partial charge < -0.3 is 0 Å². The molecule has 0 aromatic rings. The first-order chi connectivity index (χ1) is 7.97. The van der Waals surface area contributed by atoms with Gasteiger partial charge in [0, 0.05) is 36.2 Å². The maximum atomic E-state index is 11.8. The third-order valence-electron chi connectivity index (χ3n) is 3.92. The topological polar surface area (TPSA) is 37.4 Å². The minimum Gasteiger partial charge on any atom is -0.285 e. The van der Waals surface area contributed by atoms with E-state index < -0.39 is 9.84 Å². The highest BCUT2D eigenvalue weighted by atomic mass is 79.9. The summed E-state index contributed by atoms with van der Waals surface area (Å²) in [5, 5.41) is 0.734. The van der Waals surface area contributed by atoms with Crippen LogP contribution in [-0.4, -0.2) is 54.9 Å². The Morgan fingerprint density at radius 2 is 2.18 bits per heavy atom. The molecule has 0 amide bonds. The van der Waals surface area contributed by atoms with E-state index in [1.165, 1.54) is 25.5 Å². The lowest BCUT2D eigenvalue weighted by atomic mass is 9.70. The molecule has 1 aliphatic heterocycles. The number of sulfone groups is 1. The van der Waals surface area contributed by atoms with Crippen LogP contribution in [0.2, 0.25) is 0 Å². The van der Waals surface area contributed by atoms with Crippen molar-refractivity contribution in [2.75, 3.05) is 36.2 Å². The van der Waals surface area contributed by atoms with Crippen molar-refractivity contribution >= 4 is 37.5 Å². The Morgan fingerprint density at radius 3 is 2.65 bits per heavy atom. The molecule has 1 unspecified atom stereocenters. The van der Waals surface area contributed by atoms with Crippen LogP contribution in [0.1, 0.15) is 19.3 Å². The molecule has 0 spiro atoms. The second kappa shape index (κ2) is 5.39. The maximum Gasteiger partial charge on any atom is 0.164 e. The summed E-state index contributed by atoms with van der Waals surface area (Å²) in [6.07, 6.45) is 5.13. The van der Waals surface area contributed by atoms with Gasteiger partial charge in [0.15, 0.2) is 9.84 Å². The molecule has 17 heavy (non-hydrogen) atoms. The van der Waals surface area contributed by atoms with Crippen LogP contribution in [0.15, 0.2) is 0 Å². The second-order valence-corrected chi connectivity index (χ2v) is 9.23. The van der Waals surface area contributed by atoms with Crippen LogP contribution in [0.5, 0.6) is 0 Å². The molecule has 1 saturated heterocycles. The van der Waals surface area contributed by atoms with E-state index in [2.05, 4.69) is 20.8 Å². The molecule has 0 N–H and O–H groups in total. The van der Waals surface area contributed by atoms with E-state index >= 15 is 0 Å². The fourth-order valence-corrected chi connectivity index (χ4v) is 6.31. The summed E-state index contributed by atoms with van der Waals surface area (Å²) in [5.41, 5.74) is 0.338. The van der Waals surface area contributed by atoms with Gasteiger partial charge >= 0.3 is 0 Å². The van der Waals surface area contributed by atoms with Crippen LogP contribution < -0.4 is 0 Å². The normalized spacial score (nSPS) is 29.9. The number of hydrogen-bond donors (Lipinski definition) is 0. The SMILES string of the molecule is CS(=O)(=O)C1CSCCN1CC1(CBr)CCC1. The molecule has 1 aliphatic carbocycles. The lowest BCUT2D eigenvalue weighted by Crippen LogP contribution is -2.53. The van der Waals surface area contributed by atoms with Crippen molar-refractivity contribution in [2.24, 2.45) is 5.41 Å². The van der Waals surface area contributed by atoms with Gasteiger partial charge in [-0.1, -0.05) is 22.4 Å². The third kappa shape index (κ3) is 3.19. The molecule has 0 bridgehead atoms. The van der Waals surface area contributed by atoms with Gasteiger partial charge in [-0.05, 0) is 18.3 Å². The maximum absolute atomic E-state index is 11.8. The van der Waals surface area contributed by atoms with E-state index in [1.807, 2.05) is 0 Å². The molecule has 100 valence electrons. The highest BCUT2D eigenvalue weighted by Gasteiger charge is 2.41. The van der Waals surface area contributed by atoms with Gasteiger partial charge in [0.25, 0.3) is 0 Å². The van der Waals surface area contributed by atoms with Crippen LogP contribution in [-0.2, 0) is 9.84 Å². The van der Waals surface area contributed by atoms with Crippen LogP contribution in [0.4, 0.5) is 0 Å². The monoisotopic (exact) mass is 341 g/mol. The van der Waals surface area contributed by atoms with Crippen LogP contribution in [0.3, 0.4) is 0 Å². The summed E-state index contributed by atoms with van der Waals surface area (Å²) in [7, 11) is -2.95. The summed E-state index contributed by atoms with van der Waals surface area (Å²) >= 11 is 5.36. The minimum absolute atomic E-state index is 0.266. The Bertz CT molecular complexity index is 362. The van der Waals surface area contributed by atoms with E-state index in [9.17, 15) is 8.42 Å². The summed E-state index contributed by atoms with van der Waals surface area (Å²) in [5.74, 6) is 1.79. The Kier molecular flexibility index (Phi) is 4.49. The first-order valence-electron chi connectivity index (χ1n) is 6.04. The Hall–Kier alpha value is 0.740. The van der Waals surface area contributed by atoms with E-state index in [1.54, 1.807) is 11.8 Å². The van der Waals surface area contributed by atoms with E-state index in [0.29, 0.717) is 5.41 Å². The highest BCUT2D eigenvalue weighted by molar-refractivity contribution is 9.09. The van der Waals surface area contributed by atoms with Gasteiger partial charge in [-0.2, -0.15) is 11.8 Å². The molecule has 1 atom stereocenters. The average Bonchev–Trinajstić information content (AvgIpc) is 2.23. The first-order valence-corrected chi connectivity index (χ1v) is 10.3. The molecule has 3 nitrogen and oxygen atoms in total. The van der Waals surface area contributed by atoms with Gasteiger partial charge in [0.05, 0.1) is 0 Å². The van der Waals surface area contributed by atoms with Gasteiger partial charge in [0.1, 0.15) is 5.37 Å². The minimum atomic E-state index is -2.95. The fraction of sp³-hybridized carbons (Fsp3) is 1.00. The van der Waals surface area contributed by atoms with Crippen molar-refractivity contribution in [1.29, 1.82) is 0 Å². The van der Waals surface area contributed by atoms with Crippen LogP contribution >= 0.6 is 27.7 Å². The molecule has 1 heterocycles. The van der Waals surface area contributed by atoms with Crippen LogP contribution in [0, 0.1) is 5.41 Å². The zero-order valence-electron chi connectivity index (χ0n) is 10.2. The number of halogens is 1. The molecule has 2 aliphatic rings. The molecule has 0 aromatic carbocycles. The van der Waals surface area contributed by atoms with E-state index in [0.717, 1.165) is 29.9 Å². The van der Waals surface area contributed by atoms with Crippen LogP contribution in [0.25, 0.3) is 0 Å². The second-order valence-electron chi connectivity index (χ2n) is 5.32. The van der Waals surface area contributed by atoms with Crippen molar-refractivity contribution < 1.29 is 8.42 Å². The Labute approximate surface area is 117 Å². The molecule has 0 radical (unpaired) electrons. The lowest BCUT2D eigenvalue weighted by molar-refractivity contribution is 0.0890. The zero-order chi connectivity index (χ0) is 12.5. The number of thioether (sulfide) groups is 1. The van der Waals surface area contributed by atoms with Crippen molar-refractivity contribution in [1.82, 2.24) is 4.90 Å². The molecular formula is C11H20BrNO2S2. The third-order valence-corrected chi connectivity index (χ3v) is 7.80. The smallest absolute Gasteiger partial charge is 0.164 e. The zero-order valence-corrected chi connectivity index (χ0v) is 13.4. The van der Waals surface area contributed by atoms with Crippen molar-refractivity contribution in [3.05, 3.63) is 0 Å². The standard InChI is InChI=1S/C11H20BrNO2S2/c1-17(14,15)10-7-16-6-5-13(10)9-11(8-12)3-2-4-11/h10H,2-9H2,1H3. The molecular weight excluding hydrogens is 322 g/mol. The summed E-state index contributed by atoms with van der Waals surface area (Å²) in [6, 6.07) is 0. The van der Waals surface area contributed by atoms with Gasteiger partial charge in [-0.3, -0.25) is 4.90 Å². The molecule has 2 fully saturated rings. The summed E-state index contributed by atoms with van der Waals surface area (Å²) in [6.45, 7) is 1.85. The Balaban J connectivity index is 2.06. The molecule has 0 aromatic heterocycles. The molecule has 2 rings (SSSR count). The number of nitrogens with zero attached hydrogens (tertiary/aromatic N) is 1. The van der Waals surface area contributed by atoms with Crippen molar-refractivity contribution in [2.45, 2.75) is 24.6 Å². The highest BCUT2D eigenvalue weighted by Crippen LogP contribution is 2.43. The summed E-state index contributed by atoms with van der Waals surface area (Å²) < 4.78 is 23.6. The van der Waals surface area contributed by atoms with E-state index in [-0.39, 0.29) is 5.37 Å². The van der Waals surface area contributed by atoms with Crippen molar-refractivity contribution in [3.63, 3.8) is 0 Å². The molecule has 6 heteroatoms. The predicted molar refractivity (Wildman–Crippen MR) is 77.6 cm³/mol.